The summed E-state index contributed by atoms with van der Waals surface area (Å²) < 4.78 is 1.00. The van der Waals surface area contributed by atoms with Gasteiger partial charge in [-0.15, -0.1) is 0 Å². The Balaban J connectivity index is 2.77. The smallest absolute Gasteiger partial charge is 0.117 e. The second-order valence-corrected chi connectivity index (χ2v) is 2.84. The Hall–Kier alpha value is -0.320. The van der Waals surface area contributed by atoms with Gasteiger partial charge >= 0.3 is 0 Å². The van der Waals surface area contributed by atoms with Gasteiger partial charge in [0.05, 0.1) is 0 Å². The molecule has 0 aliphatic carbocycles. The van der Waals surface area contributed by atoms with Crippen molar-refractivity contribution in [2.45, 2.75) is 0 Å². The van der Waals surface area contributed by atoms with Crippen LogP contribution >= 0.6 is 22.6 Å². The average molecular weight is 234 g/mol. The van der Waals surface area contributed by atoms with Crippen molar-refractivity contribution >= 4 is 28.8 Å². The molecule has 1 aliphatic heterocycles. The summed E-state index contributed by atoms with van der Waals surface area (Å²) >= 11 is 2.18. The maximum absolute atomic E-state index is 4.07. The zero-order chi connectivity index (χ0) is 6.69. The van der Waals surface area contributed by atoms with Crippen LogP contribution in [0.3, 0.4) is 0 Å². The maximum atomic E-state index is 4.07. The van der Waals surface area contributed by atoms with Gasteiger partial charge in [-0.1, -0.05) is 0 Å². The lowest BCUT2D eigenvalue weighted by Gasteiger charge is -2.03. The summed E-state index contributed by atoms with van der Waals surface area (Å²) in [6, 6.07) is 0. The first kappa shape index (κ1) is 6.80. The summed E-state index contributed by atoms with van der Waals surface area (Å²) in [6.45, 7) is 0. The summed E-state index contributed by atoms with van der Waals surface area (Å²) in [5.74, 6) is 0. The molecule has 3 heteroatoms. The first-order valence-electron chi connectivity index (χ1n) is 2.59. The van der Waals surface area contributed by atoms with Gasteiger partial charge in [0.15, 0.2) is 0 Å². The van der Waals surface area contributed by atoms with Gasteiger partial charge in [-0.3, -0.25) is 0 Å². The number of nitrogens with zero attached hydrogens (tertiary/aromatic N) is 2. The van der Waals surface area contributed by atoms with Crippen molar-refractivity contribution in [3.05, 3.63) is 22.2 Å². The molecular weight excluding hydrogens is 227 g/mol. The lowest BCUT2D eigenvalue weighted by molar-refractivity contribution is 0.626. The van der Waals surface area contributed by atoms with E-state index in [2.05, 4.69) is 27.6 Å². The summed E-state index contributed by atoms with van der Waals surface area (Å²) in [5, 5.41) is 0. The van der Waals surface area contributed by atoms with E-state index in [1.165, 1.54) is 0 Å². The van der Waals surface area contributed by atoms with E-state index in [1.54, 1.807) is 6.21 Å². The van der Waals surface area contributed by atoms with Crippen LogP contribution < -0.4 is 0 Å². The van der Waals surface area contributed by atoms with Crippen LogP contribution in [0.4, 0.5) is 0 Å². The van der Waals surface area contributed by atoms with Gasteiger partial charge in [-0.05, 0) is 28.7 Å². The Morgan fingerprint density at radius 3 is 3.22 bits per heavy atom. The van der Waals surface area contributed by atoms with Crippen LogP contribution in [0.2, 0.25) is 0 Å². The zero-order valence-electron chi connectivity index (χ0n) is 5.08. The molecule has 0 aromatic rings. The Labute approximate surface area is 68.1 Å². The summed E-state index contributed by atoms with van der Waals surface area (Å²) in [5.41, 5.74) is 0. The highest BCUT2D eigenvalue weighted by atomic mass is 127. The van der Waals surface area contributed by atoms with Gasteiger partial charge in [0.25, 0.3) is 0 Å². The van der Waals surface area contributed by atoms with E-state index in [9.17, 15) is 0 Å². The second kappa shape index (κ2) is 3.00. The monoisotopic (exact) mass is 234 g/mol. The SMILES string of the molecule is CN1C=CC=NC(I)=C1. The molecule has 0 spiro atoms. The van der Waals surface area contributed by atoms with E-state index >= 15 is 0 Å². The number of hydrogen-bond donors (Lipinski definition) is 0. The van der Waals surface area contributed by atoms with Crippen LogP contribution in [0, 0.1) is 0 Å². The molecule has 0 atom stereocenters. The van der Waals surface area contributed by atoms with Gasteiger partial charge in [-0.25, -0.2) is 4.99 Å². The van der Waals surface area contributed by atoms with Gasteiger partial charge in [0.1, 0.15) is 3.70 Å². The minimum atomic E-state index is 1.00. The molecule has 0 amide bonds. The molecule has 0 saturated carbocycles. The molecule has 0 aromatic carbocycles. The van der Waals surface area contributed by atoms with E-state index < -0.39 is 0 Å². The number of halogens is 1. The Kier molecular flexibility index (Phi) is 2.27. The van der Waals surface area contributed by atoms with E-state index in [0.717, 1.165) is 3.70 Å². The molecule has 0 radical (unpaired) electrons. The molecule has 9 heavy (non-hydrogen) atoms. The number of aliphatic imine (C=N–C) groups is 1. The molecule has 0 saturated heterocycles. The number of rotatable bonds is 0. The Morgan fingerprint density at radius 2 is 2.44 bits per heavy atom. The van der Waals surface area contributed by atoms with Crippen LogP contribution in [0.25, 0.3) is 0 Å². The fraction of sp³-hybridized carbons (Fsp3) is 0.167. The van der Waals surface area contributed by atoms with Gasteiger partial charge in [0, 0.05) is 25.7 Å². The standard InChI is InChI=1S/C6H7IN2/c1-9-4-2-3-8-6(7)5-9/h2-5H,1H3. The highest BCUT2D eigenvalue weighted by molar-refractivity contribution is 14.1. The fourth-order valence-electron chi connectivity index (χ4n) is 0.533. The first-order valence-corrected chi connectivity index (χ1v) is 3.67. The number of allylic oxidation sites excluding steroid dienone is 1. The Bertz CT molecular complexity index is 181. The topological polar surface area (TPSA) is 15.6 Å². The minimum Gasteiger partial charge on any atom is -0.355 e. The largest absolute Gasteiger partial charge is 0.355 e. The molecule has 48 valence electrons. The van der Waals surface area contributed by atoms with Crippen molar-refractivity contribution in [2.24, 2.45) is 4.99 Å². The predicted octanol–water partition coefficient (Wildman–Crippen LogP) is 1.75. The van der Waals surface area contributed by atoms with Crippen molar-refractivity contribution in [2.75, 3.05) is 7.05 Å². The van der Waals surface area contributed by atoms with Gasteiger partial charge in [0.2, 0.25) is 0 Å². The van der Waals surface area contributed by atoms with Crippen molar-refractivity contribution in [3.8, 4) is 0 Å². The molecule has 0 unspecified atom stereocenters. The molecule has 1 aliphatic rings. The van der Waals surface area contributed by atoms with Gasteiger partial charge < -0.3 is 4.90 Å². The molecule has 0 fully saturated rings. The van der Waals surface area contributed by atoms with E-state index in [4.69, 9.17) is 0 Å². The molecule has 1 rings (SSSR count). The van der Waals surface area contributed by atoms with Crippen LogP contribution in [0.1, 0.15) is 0 Å². The van der Waals surface area contributed by atoms with Crippen LogP contribution in [-0.2, 0) is 0 Å². The molecular formula is C6H7IN2. The quantitative estimate of drug-likeness (QED) is 0.460. The lowest BCUT2D eigenvalue weighted by atomic mass is 10.6. The highest BCUT2D eigenvalue weighted by Crippen LogP contribution is 2.09. The van der Waals surface area contributed by atoms with Gasteiger partial charge in [-0.2, -0.15) is 0 Å². The molecule has 0 bridgehead atoms. The fourth-order valence-corrected chi connectivity index (χ4v) is 1.13. The lowest BCUT2D eigenvalue weighted by Crippen LogP contribution is -1.98. The molecule has 2 nitrogen and oxygen atoms in total. The van der Waals surface area contributed by atoms with Crippen LogP contribution in [0.5, 0.6) is 0 Å². The first-order chi connectivity index (χ1) is 4.29. The van der Waals surface area contributed by atoms with E-state index in [0.29, 0.717) is 0 Å². The van der Waals surface area contributed by atoms with E-state index in [1.807, 2.05) is 30.4 Å². The predicted molar refractivity (Wildman–Crippen MR) is 47.5 cm³/mol. The third-order valence-electron chi connectivity index (χ3n) is 0.915. The third-order valence-corrected chi connectivity index (χ3v) is 1.47. The van der Waals surface area contributed by atoms with Crippen molar-refractivity contribution < 1.29 is 0 Å². The molecule has 0 N–H and O–H groups in total. The number of hydrogen-bond acceptors (Lipinski definition) is 2. The summed E-state index contributed by atoms with van der Waals surface area (Å²) in [6.07, 6.45) is 7.60. The Morgan fingerprint density at radius 1 is 1.67 bits per heavy atom. The molecule has 0 aromatic heterocycles. The highest BCUT2D eigenvalue weighted by Gasteiger charge is 1.90. The normalized spacial score (nSPS) is 17.6. The van der Waals surface area contributed by atoms with Crippen molar-refractivity contribution in [3.63, 3.8) is 0 Å². The van der Waals surface area contributed by atoms with E-state index in [-0.39, 0.29) is 0 Å². The van der Waals surface area contributed by atoms with Crippen LogP contribution in [0.15, 0.2) is 27.2 Å². The maximum Gasteiger partial charge on any atom is 0.117 e. The third kappa shape index (κ3) is 2.17. The van der Waals surface area contributed by atoms with Crippen molar-refractivity contribution in [1.29, 1.82) is 0 Å². The average Bonchev–Trinajstić information content (AvgIpc) is 1.93. The zero-order valence-corrected chi connectivity index (χ0v) is 7.24. The van der Waals surface area contributed by atoms with Crippen molar-refractivity contribution in [1.82, 2.24) is 4.90 Å². The minimum absolute atomic E-state index is 1.00. The summed E-state index contributed by atoms with van der Waals surface area (Å²) in [4.78, 5) is 6.04. The molecule has 1 heterocycles. The van der Waals surface area contributed by atoms with Crippen LogP contribution in [-0.4, -0.2) is 18.2 Å². The second-order valence-electron chi connectivity index (χ2n) is 1.74. The summed E-state index contributed by atoms with van der Waals surface area (Å²) in [7, 11) is 1.98.